The van der Waals surface area contributed by atoms with E-state index >= 15 is 4.39 Å². The molecule has 0 spiro atoms. The van der Waals surface area contributed by atoms with Crippen LogP contribution in [0.1, 0.15) is 94.9 Å². The van der Waals surface area contributed by atoms with Gasteiger partial charge >= 0.3 is 5.97 Å². The summed E-state index contributed by atoms with van der Waals surface area (Å²) in [6.45, 7) is 20.4. The van der Waals surface area contributed by atoms with Crippen LogP contribution in [-0.2, 0) is 19.1 Å². The van der Waals surface area contributed by atoms with Crippen LogP contribution in [0.5, 0.6) is 0 Å². The molecule has 1 N–H and O–H groups in total. The maximum atomic E-state index is 15.3. The van der Waals surface area contributed by atoms with Gasteiger partial charge in [-0.3, -0.25) is 9.59 Å². The number of amides is 1. The summed E-state index contributed by atoms with van der Waals surface area (Å²) < 4.78 is 20.9. The molecule has 0 rings (SSSR count). The van der Waals surface area contributed by atoms with Gasteiger partial charge in [-0.05, 0) is 50.0 Å². The van der Waals surface area contributed by atoms with Crippen molar-refractivity contribution in [3.05, 3.63) is 12.2 Å². The lowest BCUT2D eigenvalue weighted by Gasteiger charge is -2.43. The fourth-order valence-corrected chi connectivity index (χ4v) is 4.45. The minimum Gasteiger partial charge on any atom is -0.457 e. The predicted octanol–water partition coefficient (Wildman–Crippen LogP) is 5.65. The van der Waals surface area contributed by atoms with E-state index in [0.717, 1.165) is 6.92 Å². The number of rotatable bonds is 14. The molecule has 0 bridgehead atoms. The summed E-state index contributed by atoms with van der Waals surface area (Å²) >= 11 is 0. The SMILES string of the molecule is C=C(C(C)C)C(C)(F)C(=O)OC(CC)C(C)(O)C(CCC(=O)CC)C(C)C(=NC(C)=O)C(C)C. The van der Waals surface area contributed by atoms with E-state index in [1.54, 1.807) is 34.6 Å². The average molecular weight is 484 g/mol. The quantitative estimate of drug-likeness (QED) is 0.196. The molecule has 1 amide bonds. The molecule has 5 unspecified atom stereocenters. The van der Waals surface area contributed by atoms with Gasteiger partial charge in [-0.1, -0.05) is 55.0 Å². The second kappa shape index (κ2) is 13.3. The Morgan fingerprint density at radius 2 is 1.59 bits per heavy atom. The molecule has 196 valence electrons. The maximum Gasteiger partial charge on any atom is 0.348 e. The van der Waals surface area contributed by atoms with Crippen molar-refractivity contribution in [1.29, 1.82) is 0 Å². The number of Topliss-reactive ketones (excluding diaryl/α,β-unsaturated/α-hetero) is 1. The third kappa shape index (κ3) is 8.40. The number of hydrogen-bond donors (Lipinski definition) is 1. The number of aliphatic hydroxyl groups is 1. The summed E-state index contributed by atoms with van der Waals surface area (Å²) in [5.41, 5.74) is -3.32. The van der Waals surface area contributed by atoms with E-state index in [9.17, 15) is 19.5 Å². The average Bonchev–Trinajstić information content (AvgIpc) is 2.73. The van der Waals surface area contributed by atoms with E-state index in [2.05, 4.69) is 11.6 Å². The van der Waals surface area contributed by atoms with E-state index in [4.69, 9.17) is 4.74 Å². The molecule has 0 saturated carbocycles. The Labute approximate surface area is 205 Å². The molecule has 0 aliphatic rings. The molecule has 5 atom stereocenters. The number of ketones is 1. The van der Waals surface area contributed by atoms with Crippen molar-refractivity contribution in [1.82, 2.24) is 0 Å². The van der Waals surface area contributed by atoms with Crippen molar-refractivity contribution >= 4 is 23.4 Å². The summed E-state index contributed by atoms with van der Waals surface area (Å²) in [4.78, 5) is 40.9. The summed E-state index contributed by atoms with van der Waals surface area (Å²) in [7, 11) is 0. The molecule has 0 radical (unpaired) electrons. The van der Waals surface area contributed by atoms with Gasteiger partial charge in [-0.25, -0.2) is 14.2 Å². The van der Waals surface area contributed by atoms with Crippen LogP contribution in [-0.4, -0.2) is 45.9 Å². The van der Waals surface area contributed by atoms with Crippen LogP contribution in [0.25, 0.3) is 0 Å². The van der Waals surface area contributed by atoms with E-state index in [-0.39, 0.29) is 41.9 Å². The highest BCUT2D eigenvalue weighted by molar-refractivity contribution is 5.97. The Kier molecular flexibility index (Phi) is 12.5. The molecule has 0 aromatic carbocycles. The Hall–Kier alpha value is -1.89. The highest BCUT2D eigenvalue weighted by Crippen LogP contribution is 2.38. The van der Waals surface area contributed by atoms with Crippen molar-refractivity contribution in [3.63, 3.8) is 0 Å². The molecule has 6 nitrogen and oxygen atoms in total. The van der Waals surface area contributed by atoms with Crippen LogP contribution in [0.15, 0.2) is 17.1 Å². The molecule has 7 heteroatoms. The lowest BCUT2D eigenvalue weighted by atomic mass is 9.70. The van der Waals surface area contributed by atoms with Crippen molar-refractivity contribution < 1.29 is 28.6 Å². The van der Waals surface area contributed by atoms with Crippen molar-refractivity contribution in [2.45, 2.75) is 112 Å². The first-order valence-electron chi connectivity index (χ1n) is 12.4. The lowest BCUT2D eigenvalue weighted by Crippen LogP contribution is -2.53. The molecule has 0 heterocycles. The zero-order valence-electron chi connectivity index (χ0n) is 22.8. The molecule has 0 aromatic heterocycles. The summed E-state index contributed by atoms with van der Waals surface area (Å²) in [5, 5.41) is 11.7. The van der Waals surface area contributed by atoms with E-state index in [1.807, 2.05) is 20.8 Å². The largest absolute Gasteiger partial charge is 0.457 e. The zero-order chi connectivity index (χ0) is 27.0. The lowest BCUT2D eigenvalue weighted by molar-refractivity contribution is -0.183. The molecule has 0 aromatic rings. The normalized spacial score (nSPS) is 18.6. The Bertz CT molecular complexity index is 767. The monoisotopic (exact) mass is 483 g/mol. The first-order chi connectivity index (χ1) is 15.4. The first-order valence-corrected chi connectivity index (χ1v) is 12.4. The molecule has 0 fully saturated rings. The number of carbonyl (C=O) groups is 3. The Morgan fingerprint density at radius 1 is 1.06 bits per heavy atom. The number of ether oxygens (including phenoxy) is 1. The Morgan fingerprint density at radius 3 is 1.97 bits per heavy atom. The van der Waals surface area contributed by atoms with Gasteiger partial charge in [-0.2, -0.15) is 0 Å². The van der Waals surface area contributed by atoms with Gasteiger partial charge in [0.05, 0.1) is 0 Å². The number of nitrogens with zero attached hydrogens (tertiary/aromatic N) is 1. The third-order valence-corrected chi connectivity index (χ3v) is 6.78. The van der Waals surface area contributed by atoms with Crippen LogP contribution in [0.3, 0.4) is 0 Å². The molecule has 0 saturated heterocycles. The molecule has 34 heavy (non-hydrogen) atoms. The van der Waals surface area contributed by atoms with Crippen LogP contribution in [0.2, 0.25) is 0 Å². The summed E-state index contributed by atoms with van der Waals surface area (Å²) in [6, 6.07) is 0. The minimum atomic E-state index is -2.41. The zero-order valence-corrected chi connectivity index (χ0v) is 22.8. The van der Waals surface area contributed by atoms with Crippen LogP contribution < -0.4 is 0 Å². The van der Waals surface area contributed by atoms with Crippen LogP contribution >= 0.6 is 0 Å². The van der Waals surface area contributed by atoms with Crippen molar-refractivity contribution in [2.24, 2.45) is 28.7 Å². The second-order valence-corrected chi connectivity index (χ2v) is 10.2. The van der Waals surface area contributed by atoms with Gasteiger partial charge < -0.3 is 9.84 Å². The standard InChI is InChI=1S/C27H46FNO5/c1-12-21(31)14-15-22(18(7)24(17(5)6)29-20(9)30)27(11,33)23(13-2)34-25(32)26(10,28)19(8)16(3)4/h16-18,22-23,33H,8,12-15H2,1-7,9-11H3. The molecular formula is C27H46FNO5. The molecule has 0 aliphatic carbocycles. The topological polar surface area (TPSA) is 93.0 Å². The molecule has 0 aliphatic heterocycles. The second-order valence-electron chi connectivity index (χ2n) is 10.2. The third-order valence-electron chi connectivity index (χ3n) is 6.78. The van der Waals surface area contributed by atoms with Crippen molar-refractivity contribution in [3.8, 4) is 0 Å². The van der Waals surface area contributed by atoms with Gasteiger partial charge in [0.1, 0.15) is 17.5 Å². The minimum absolute atomic E-state index is 0.0391. The Balaban J connectivity index is 6.29. The predicted molar refractivity (Wildman–Crippen MR) is 134 cm³/mol. The summed E-state index contributed by atoms with van der Waals surface area (Å²) in [6.07, 6.45) is 0.0948. The van der Waals surface area contributed by atoms with E-state index in [1.165, 1.54) is 6.92 Å². The first kappa shape index (κ1) is 32.1. The highest BCUT2D eigenvalue weighted by atomic mass is 19.1. The van der Waals surface area contributed by atoms with Gasteiger partial charge in [0.15, 0.2) is 0 Å². The molecular weight excluding hydrogens is 437 g/mol. The van der Waals surface area contributed by atoms with Crippen molar-refractivity contribution in [2.75, 3.05) is 0 Å². The number of esters is 1. The number of hydrogen-bond acceptors (Lipinski definition) is 5. The fraction of sp³-hybridized carbons (Fsp3) is 0.778. The van der Waals surface area contributed by atoms with E-state index < -0.39 is 35.2 Å². The number of carbonyl (C=O) groups excluding carboxylic acids is 3. The van der Waals surface area contributed by atoms with Gasteiger partial charge in [0.25, 0.3) is 0 Å². The number of aliphatic imine (C=N–C) groups is 1. The maximum absolute atomic E-state index is 15.3. The highest BCUT2D eigenvalue weighted by Gasteiger charge is 2.48. The van der Waals surface area contributed by atoms with Gasteiger partial charge in [0, 0.05) is 31.4 Å². The number of alkyl halides is 1. The number of halogens is 1. The van der Waals surface area contributed by atoms with Gasteiger partial charge in [0.2, 0.25) is 11.6 Å². The smallest absolute Gasteiger partial charge is 0.348 e. The van der Waals surface area contributed by atoms with E-state index in [0.29, 0.717) is 18.6 Å². The van der Waals surface area contributed by atoms with Gasteiger partial charge in [-0.15, -0.1) is 0 Å². The summed E-state index contributed by atoms with van der Waals surface area (Å²) in [5.74, 6) is -2.72. The van der Waals surface area contributed by atoms with Crippen LogP contribution in [0.4, 0.5) is 4.39 Å². The fourth-order valence-electron chi connectivity index (χ4n) is 4.45. The van der Waals surface area contributed by atoms with Crippen LogP contribution in [0, 0.1) is 23.7 Å².